The van der Waals surface area contributed by atoms with Gasteiger partial charge in [0.25, 0.3) is 0 Å². The lowest BCUT2D eigenvalue weighted by Gasteiger charge is -2.03. The van der Waals surface area contributed by atoms with E-state index in [4.69, 9.17) is 17.3 Å². The number of halogens is 1. The van der Waals surface area contributed by atoms with Gasteiger partial charge in [0.15, 0.2) is 0 Å². The topological polar surface area (TPSA) is 125 Å². The van der Waals surface area contributed by atoms with Crippen LogP contribution < -0.4 is 5.73 Å². The maximum Gasteiger partial charge on any atom is 0.304 e. The second-order valence-corrected chi connectivity index (χ2v) is 3.62. The predicted octanol–water partition coefficient (Wildman–Crippen LogP) is 2.04. The van der Waals surface area contributed by atoms with Gasteiger partial charge in [-0.1, -0.05) is 0 Å². The van der Waals surface area contributed by atoms with E-state index in [2.05, 4.69) is 4.99 Å². The summed E-state index contributed by atoms with van der Waals surface area (Å²) in [5.74, 6) is -0.309. The minimum Gasteiger partial charge on any atom is -0.386 e. The Morgan fingerprint density at radius 3 is 2.44 bits per heavy atom. The summed E-state index contributed by atoms with van der Waals surface area (Å²) >= 11 is 5.41. The molecule has 0 fully saturated rings. The summed E-state index contributed by atoms with van der Waals surface area (Å²) in [6.07, 6.45) is 0. The average molecular weight is 273 g/mol. The highest BCUT2D eigenvalue weighted by atomic mass is 35.5. The number of benzene rings is 1. The van der Waals surface area contributed by atoms with Gasteiger partial charge >= 0.3 is 11.4 Å². The van der Waals surface area contributed by atoms with Crippen LogP contribution in [0.3, 0.4) is 0 Å². The molecule has 2 N–H and O–H groups in total. The molecule has 0 atom stereocenters. The molecule has 0 aromatic heterocycles. The van der Waals surface area contributed by atoms with Crippen molar-refractivity contribution in [1.29, 1.82) is 0 Å². The van der Waals surface area contributed by atoms with Crippen molar-refractivity contribution in [3.63, 3.8) is 0 Å². The lowest BCUT2D eigenvalue weighted by atomic mass is 10.1. The Kier molecular flexibility index (Phi) is 4.16. The highest BCUT2D eigenvalue weighted by molar-refractivity contribution is 6.28. The number of aryl methyl sites for hydroxylation is 1. The maximum absolute atomic E-state index is 10.9. The highest BCUT2D eigenvalue weighted by Gasteiger charge is 2.27. The van der Waals surface area contributed by atoms with Crippen LogP contribution in [0, 0.1) is 27.2 Å². The Bertz CT molecular complexity index is 544. The third-order valence-corrected chi connectivity index (χ3v) is 2.38. The number of aliphatic imine (C=N–C) groups is 1. The number of nitrogens with two attached hydrogens (primary N) is 1. The zero-order chi connectivity index (χ0) is 13.9. The minimum absolute atomic E-state index is 0.131. The number of nitro groups is 2. The Hall–Kier alpha value is -2.22. The molecule has 0 aliphatic heterocycles. The first kappa shape index (κ1) is 13.8. The van der Waals surface area contributed by atoms with E-state index in [1.807, 2.05) is 0 Å². The number of rotatable bonds is 4. The molecule has 0 aliphatic rings. The minimum atomic E-state index is -0.757. The molecule has 1 aromatic carbocycles. The van der Waals surface area contributed by atoms with Crippen molar-refractivity contribution in [2.45, 2.75) is 6.92 Å². The molecule has 1 aromatic rings. The average Bonchev–Trinajstić information content (AvgIpc) is 2.27. The van der Waals surface area contributed by atoms with Gasteiger partial charge in [0.05, 0.1) is 15.7 Å². The van der Waals surface area contributed by atoms with Crippen LogP contribution in [0.4, 0.5) is 17.1 Å². The molecule has 0 bridgehead atoms. The smallest absolute Gasteiger partial charge is 0.304 e. The summed E-state index contributed by atoms with van der Waals surface area (Å²) in [7, 11) is 0. The van der Waals surface area contributed by atoms with E-state index in [1.54, 1.807) is 0 Å². The van der Waals surface area contributed by atoms with Crippen molar-refractivity contribution in [2.24, 2.45) is 10.7 Å². The van der Waals surface area contributed by atoms with Crippen molar-refractivity contribution < 1.29 is 9.85 Å². The first-order chi connectivity index (χ1) is 8.38. The summed E-state index contributed by atoms with van der Waals surface area (Å²) in [6, 6.07) is 2.43. The van der Waals surface area contributed by atoms with Crippen LogP contribution in [0.1, 0.15) is 5.56 Å². The molecule has 0 spiro atoms. The van der Waals surface area contributed by atoms with E-state index in [0.717, 1.165) is 6.07 Å². The van der Waals surface area contributed by atoms with Gasteiger partial charge in [0.2, 0.25) is 5.69 Å². The fraction of sp³-hybridized carbons (Fsp3) is 0.222. The van der Waals surface area contributed by atoms with Crippen LogP contribution in [-0.2, 0) is 0 Å². The largest absolute Gasteiger partial charge is 0.386 e. The van der Waals surface area contributed by atoms with E-state index in [1.165, 1.54) is 13.0 Å². The van der Waals surface area contributed by atoms with Gasteiger partial charge in [0, 0.05) is 11.6 Å². The van der Waals surface area contributed by atoms with Crippen molar-refractivity contribution in [3.8, 4) is 0 Å². The summed E-state index contributed by atoms with van der Waals surface area (Å²) in [4.78, 5) is 23.9. The molecule has 96 valence electrons. The molecular weight excluding hydrogens is 264 g/mol. The van der Waals surface area contributed by atoms with Crippen molar-refractivity contribution in [3.05, 3.63) is 37.9 Å². The van der Waals surface area contributed by atoms with Gasteiger partial charge in [-0.05, 0) is 13.0 Å². The highest BCUT2D eigenvalue weighted by Crippen LogP contribution is 2.39. The number of nitro benzene ring substituents is 2. The van der Waals surface area contributed by atoms with E-state index in [0.29, 0.717) is 0 Å². The van der Waals surface area contributed by atoms with Crippen molar-refractivity contribution >= 4 is 34.5 Å². The van der Waals surface area contributed by atoms with E-state index >= 15 is 0 Å². The van der Waals surface area contributed by atoms with Crippen LogP contribution in [0.2, 0.25) is 0 Å². The van der Waals surface area contributed by atoms with Gasteiger partial charge in [-0.3, -0.25) is 20.2 Å². The van der Waals surface area contributed by atoms with E-state index in [9.17, 15) is 20.2 Å². The number of hydrogen-bond donors (Lipinski definition) is 1. The molecule has 8 nitrogen and oxygen atoms in total. The summed E-state index contributed by atoms with van der Waals surface area (Å²) < 4.78 is 0. The summed E-state index contributed by atoms with van der Waals surface area (Å²) in [5, 5.41) is 21.7. The van der Waals surface area contributed by atoms with Crippen LogP contribution >= 0.6 is 11.6 Å². The molecule has 0 amide bonds. The van der Waals surface area contributed by atoms with Crippen LogP contribution in [-0.4, -0.2) is 21.6 Å². The fourth-order valence-corrected chi connectivity index (χ4v) is 1.39. The zero-order valence-electron chi connectivity index (χ0n) is 9.29. The zero-order valence-corrected chi connectivity index (χ0v) is 10.0. The monoisotopic (exact) mass is 272 g/mol. The molecule has 18 heavy (non-hydrogen) atoms. The number of alkyl halides is 1. The Labute approximate surface area is 106 Å². The summed E-state index contributed by atoms with van der Waals surface area (Å²) in [5.41, 5.74) is 4.30. The van der Waals surface area contributed by atoms with Crippen LogP contribution in [0.25, 0.3) is 0 Å². The number of amidine groups is 1. The first-order valence-corrected chi connectivity index (χ1v) is 5.23. The molecule has 0 saturated heterocycles. The van der Waals surface area contributed by atoms with Gasteiger partial charge in [0.1, 0.15) is 5.84 Å². The predicted molar refractivity (Wildman–Crippen MR) is 66.5 cm³/mol. The SMILES string of the molecule is Cc1ccc([N+](=O)[O-])c(N=C(N)CCl)c1[N+](=O)[O-]. The molecule has 0 radical (unpaired) electrons. The van der Waals surface area contributed by atoms with Crippen molar-refractivity contribution in [2.75, 3.05) is 5.88 Å². The van der Waals surface area contributed by atoms with Crippen LogP contribution in [0.5, 0.6) is 0 Å². The standard InChI is InChI=1S/C9H9ClN4O4/c1-5-2-3-6(13(15)16)8(9(5)14(17)18)12-7(11)4-10/h2-3H,4H2,1H3,(H2,11,12). The van der Waals surface area contributed by atoms with Crippen molar-refractivity contribution in [1.82, 2.24) is 0 Å². The third kappa shape index (κ3) is 2.72. The number of hydrogen-bond acceptors (Lipinski definition) is 5. The molecule has 0 aliphatic carbocycles. The second kappa shape index (κ2) is 5.41. The summed E-state index contributed by atoms with van der Waals surface area (Å²) in [6.45, 7) is 1.46. The Morgan fingerprint density at radius 1 is 1.39 bits per heavy atom. The van der Waals surface area contributed by atoms with Gasteiger partial charge < -0.3 is 5.73 Å². The molecule has 9 heteroatoms. The van der Waals surface area contributed by atoms with E-state index < -0.39 is 21.2 Å². The Balaban J connectivity index is 3.64. The lowest BCUT2D eigenvalue weighted by Crippen LogP contribution is -2.12. The molecule has 1 rings (SSSR count). The first-order valence-electron chi connectivity index (χ1n) is 4.69. The molecular formula is C9H9ClN4O4. The fourth-order valence-electron chi connectivity index (χ4n) is 1.33. The number of nitrogens with zero attached hydrogens (tertiary/aromatic N) is 3. The Morgan fingerprint density at radius 2 is 2.00 bits per heavy atom. The van der Waals surface area contributed by atoms with Gasteiger partial charge in [-0.25, -0.2) is 4.99 Å². The van der Waals surface area contributed by atoms with Gasteiger partial charge in [-0.2, -0.15) is 0 Å². The molecule has 0 saturated carbocycles. The van der Waals surface area contributed by atoms with Crippen LogP contribution in [0.15, 0.2) is 17.1 Å². The quantitative estimate of drug-likeness (QED) is 0.295. The van der Waals surface area contributed by atoms with Gasteiger partial charge in [-0.15, -0.1) is 11.6 Å². The second-order valence-electron chi connectivity index (χ2n) is 3.35. The third-order valence-electron chi connectivity index (χ3n) is 2.10. The molecule has 0 unspecified atom stereocenters. The lowest BCUT2D eigenvalue weighted by molar-refractivity contribution is -0.392. The normalized spacial score (nSPS) is 11.3. The molecule has 0 heterocycles. The van der Waals surface area contributed by atoms with E-state index in [-0.39, 0.29) is 23.0 Å². The maximum atomic E-state index is 10.9.